The highest BCUT2D eigenvalue weighted by atomic mass is 31.2. The zero-order valence-electron chi connectivity index (χ0n) is 46.2. The van der Waals surface area contributed by atoms with Crippen LogP contribution < -0.4 is 0 Å². The molecule has 0 saturated carbocycles. The molecule has 0 aromatic heterocycles. The summed E-state index contributed by atoms with van der Waals surface area (Å²) < 4.78 is 227. The van der Waals surface area contributed by atoms with Crippen LogP contribution in [0.4, 0.5) is 0 Å². The highest BCUT2D eigenvalue weighted by Gasteiger charge is 2.32. The van der Waals surface area contributed by atoms with E-state index in [9.17, 15) is 99.1 Å². The van der Waals surface area contributed by atoms with Crippen LogP contribution in [0.2, 0.25) is 0 Å². The van der Waals surface area contributed by atoms with Crippen molar-refractivity contribution >= 4 is 86.0 Å². The van der Waals surface area contributed by atoms with Gasteiger partial charge in [0.1, 0.15) is 0 Å². The van der Waals surface area contributed by atoms with Gasteiger partial charge in [-0.25, -0.2) is 50.2 Å². The Morgan fingerprint density at radius 2 is 0.345 bits per heavy atom. The lowest BCUT2D eigenvalue weighted by Gasteiger charge is -2.20. The van der Waals surface area contributed by atoms with Crippen LogP contribution in [0.5, 0.6) is 0 Å². The lowest BCUT2D eigenvalue weighted by Crippen LogP contribution is -2.16. The number of rotatable bonds is 59. The van der Waals surface area contributed by atoms with E-state index in [1.807, 2.05) is 0 Å². The molecule has 13 atom stereocenters. The van der Waals surface area contributed by atoms with Crippen molar-refractivity contribution in [2.24, 2.45) is 17.8 Å². The van der Waals surface area contributed by atoms with E-state index in [2.05, 4.69) is 81.4 Å². The van der Waals surface area contributed by atoms with Crippen LogP contribution in [0.25, 0.3) is 0 Å². The molecular formula is C31H75O45P11. The minimum atomic E-state index is -4.99. The van der Waals surface area contributed by atoms with E-state index in [1.54, 1.807) is 20.8 Å². The van der Waals surface area contributed by atoms with Gasteiger partial charge in [0.2, 0.25) is 0 Å². The van der Waals surface area contributed by atoms with Gasteiger partial charge in [-0.3, -0.25) is 95.0 Å². The Hall–Kier alpha value is 1.17. The third-order valence-electron chi connectivity index (χ3n) is 9.10. The van der Waals surface area contributed by atoms with Crippen LogP contribution in [0.3, 0.4) is 0 Å². The number of aliphatic hydroxyl groups excluding tert-OH is 1. The summed E-state index contributed by atoms with van der Waals surface area (Å²) in [5, 5.41) is 9.12. The molecule has 0 saturated heterocycles. The fraction of sp³-hybridized carbons (Fsp3) is 1.00. The molecule has 0 aliphatic carbocycles. The van der Waals surface area contributed by atoms with Gasteiger partial charge in [-0.1, -0.05) is 20.8 Å². The molecule has 56 heteroatoms. The fourth-order valence-electron chi connectivity index (χ4n) is 4.68. The molecule has 0 spiro atoms. The van der Waals surface area contributed by atoms with Gasteiger partial charge < -0.3 is 63.8 Å². The van der Waals surface area contributed by atoms with Crippen molar-refractivity contribution in [2.75, 3.05) is 145 Å². The maximum Gasteiger partial charge on any atom is 0.472 e. The number of hydrogen-bond acceptors (Lipinski definition) is 33. The molecular weight excluding hydrogens is 1430 g/mol. The average molecular weight is 1510 g/mol. The zero-order chi connectivity index (χ0) is 66.8. The van der Waals surface area contributed by atoms with Crippen molar-refractivity contribution in [3.05, 3.63) is 0 Å². The molecule has 0 amide bonds. The lowest BCUT2D eigenvalue weighted by atomic mass is 10.1. The Kier molecular flexibility index (Phi) is 43.9. The Bertz CT molecular complexity index is 2480. The quantitative estimate of drug-likeness (QED) is 0.0306. The standard InChI is InChI=1S/C31H75O45P11/c1-4-29(23-32)24-73-84(48,49)68-21-22-71-87(54,55)76-28-31(6-3)27-75-86(52,53)70-20-18-67-83(46,47)65-16-14-63-81(42,43)61-12-10-59-79(38,39)57-8-7-56-78(36,37)58-9-11-60-80(40,41)62-13-15-64-82(44,45)66-17-19-69-85(50,51)74-26-30(5-2)25-72-77(33,34)35/h29-32H,4-28H2,1-3H3,(H,36,37)(H,38,39)(H,40,41)(H,42,43)(H,44,45)(H,46,47)(H,48,49)(H,50,51)(H,52,53)(H,54,55)(H2,33,34,35). The predicted octanol–water partition coefficient (Wildman–Crippen LogP) is 3.50. The zero-order valence-corrected chi connectivity index (χ0v) is 56.0. The summed E-state index contributed by atoms with van der Waals surface area (Å²) in [5.41, 5.74) is 0. The molecule has 0 radical (unpaired) electrons. The van der Waals surface area contributed by atoms with E-state index in [0.717, 1.165) is 0 Å². The van der Waals surface area contributed by atoms with Gasteiger partial charge in [0.05, 0.1) is 139 Å². The molecule has 0 fully saturated rings. The number of phosphoric ester groups is 11. The van der Waals surface area contributed by atoms with Crippen LogP contribution in [-0.4, -0.2) is 209 Å². The van der Waals surface area contributed by atoms with Crippen LogP contribution in [-0.2, 0) is 145 Å². The minimum absolute atomic E-state index is 0.155. The second-order valence-electron chi connectivity index (χ2n) is 16.0. The first-order valence-electron chi connectivity index (χ1n) is 24.4. The first kappa shape index (κ1) is 88.2. The highest BCUT2D eigenvalue weighted by molar-refractivity contribution is 7.50. The summed E-state index contributed by atoms with van der Waals surface area (Å²) in [6.45, 7) is -11.8. The molecule has 45 nitrogen and oxygen atoms in total. The Labute approximate surface area is 496 Å². The van der Waals surface area contributed by atoms with E-state index in [-0.39, 0.29) is 26.1 Å². The summed E-state index contributed by atoms with van der Waals surface area (Å²) in [4.78, 5) is 115. The number of hydrogen-bond donors (Lipinski definition) is 13. The van der Waals surface area contributed by atoms with Crippen molar-refractivity contribution in [1.82, 2.24) is 0 Å². The Morgan fingerprint density at radius 3 is 0.471 bits per heavy atom. The van der Waals surface area contributed by atoms with E-state index in [0.29, 0.717) is 6.42 Å². The van der Waals surface area contributed by atoms with E-state index in [1.165, 1.54) is 0 Å². The molecule has 0 aliphatic heterocycles. The highest BCUT2D eigenvalue weighted by Crippen LogP contribution is 2.52. The summed E-state index contributed by atoms with van der Waals surface area (Å²) in [5.74, 6) is -1.96. The third kappa shape index (κ3) is 51.2. The summed E-state index contributed by atoms with van der Waals surface area (Å²) in [6, 6.07) is 0. The van der Waals surface area contributed by atoms with Crippen LogP contribution in [0.1, 0.15) is 40.0 Å². The van der Waals surface area contributed by atoms with Crippen LogP contribution >= 0.6 is 86.0 Å². The van der Waals surface area contributed by atoms with Gasteiger partial charge in [-0.2, -0.15) is 0 Å². The van der Waals surface area contributed by atoms with Crippen molar-refractivity contribution < 1.29 is 209 Å². The van der Waals surface area contributed by atoms with E-state index >= 15 is 0 Å². The van der Waals surface area contributed by atoms with Gasteiger partial charge in [-0.15, -0.1) is 0 Å². The van der Waals surface area contributed by atoms with E-state index < -0.39 is 236 Å². The van der Waals surface area contributed by atoms with Crippen LogP contribution in [0, 0.1) is 17.8 Å². The van der Waals surface area contributed by atoms with Gasteiger partial charge in [-0.05, 0) is 19.3 Å². The molecule has 0 aliphatic rings. The van der Waals surface area contributed by atoms with Crippen molar-refractivity contribution in [3.63, 3.8) is 0 Å². The Morgan fingerprint density at radius 1 is 0.218 bits per heavy atom. The monoisotopic (exact) mass is 1510 g/mol. The summed E-state index contributed by atoms with van der Waals surface area (Å²) >= 11 is 0. The molecule has 0 bridgehead atoms. The van der Waals surface area contributed by atoms with Gasteiger partial charge in [0, 0.05) is 24.4 Å². The van der Waals surface area contributed by atoms with Crippen LogP contribution in [0.15, 0.2) is 0 Å². The molecule has 0 rings (SSSR count). The number of aliphatic hydroxyl groups is 1. The first-order chi connectivity index (χ1) is 39.9. The fourth-order valence-corrected chi connectivity index (χ4v) is 12.3. The van der Waals surface area contributed by atoms with Crippen molar-refractivity contribution in [2.45, 2.75) is 40.0 Å². The summed E-state index contributed by atoms with van der Waals surface area (Å²) in [6.07, 6.45) is 0.820. The second-order valence-corrected chi connectivity index (χ2v) is 31.8. The number of phosphoric acid groups is 11. The third-order valence-corrected chi connectivity index (χ3v) is 19.6. The molecule has 13 N–H and O–H groups in total. The van der Waals surface area contributed by atoms with Gasteiger partial charge in [0.15, 0.2) is 0 Å². The van der Waals surface area contributed by atoms with E-state index in [4.69, 9.17) is 28.5 Å². The maximum atomic E-state index is 12.3. The molecule has 0 aromatic rings. The first-order valence-corrected chi connectivity index (χ1v) is 40.9. The maximum absolute atomic E-state index is 12.3. The summed E-state index contributed by atoms with van der Waals surface area (Å²) in [7, 11) is -53.6. The average Bonchev–Trinajstić information content (AvgIpc) is 3.62. The smallest absolute Gasteiger partial charge is 0.396 e. The molecule has 524 valence electrons. The second kappa shape index (κ2) is 43.4. The minimum Gasteiger partial charge on any atom is -0.396 e. The molecule has 87 heavy (non-hydrogen) atoms. The topological polar surface area (TPSA) is 645 Å². The predicted molar refractivity (Wildman–Crippen MR) is 284 cm³/mol. The lowest BCUT2D eigenvalue weighted by molar-refractivity contribution is 0.0675. The van der Waals surface area contributed by atoms with Crippen molar-refractivity contribution in [1.29, 1.82) is 0 Å². The molecule has 13 unspecified atom stereocenters. The largest absolute Gasteiger partial charge is 0.472 e. The normalized spacial score (nSPS) is 20.6. The molecule has 0 heterocycles. The van der Waals surface area contributed by atoms with Crippen molar-refractivity contribution in [3.8, 4) is 0 Å². The van der Waals surface area contributed by atoms with Gasteiger partial charge >= 0.3 is 86.0 Å². The SMILES string of the molecule is CCC(CO)COP(=O)(O)OCCOP(=O)(O)OCC(CC)COP(=O)(O)OCCOP(=O)(O)OCCOP(=O)(O)OCCOP(=O)(O)OCCOP(=O)(O)OCCOP(=O)(O)OCCOP(=O)(O)OCCOP(=O)(O)OCC(CC)COP(=O)(O)O. The Balaban J connectivity index is 4.35. The molecule has 0 aromatic carbocycles. The van der Waals surface area contributed by atoms with Gasteiger partial charge in [0.25, 0.3) is 0 Å².